The number of hydrogen-bond acceptors (Lipinski definition) is 2. The van der Waals surface area contributed by atoms with Crippen LogP contribution in [0.15, 0.2) is 12.1 Å². The Balaban J connectivity index is 0.00000133. The first-order valence-electron chi connectivity index (χ1n) is 6.91. The van der Waals surface area contributed by atoms with Crippen molar-refractivity contribution in [3.05, 3.63) is 29.1 Å². The van der Waals surface area contributed by atoms with E-state index in [1.165, 1.54) is 23.2 Å². The van der Waals surface area contributed by atoms with Gasteiger partial charge < -0.3 is 4.98 Å². The molecule has 3 rings (SSSR count). The second-order valence-electron chi connectivity index (χ2n) is 5.53. The molecule has 98 valence electrons. The minimum Gasteiger partial charge on any atom is -0.342 e. The molecule has 0 unspecified atom stereocenters. The normalized spacial score (nSPS) is 16.4. The van der Waals surface area contributed by atoms with Crippen LogP contribution in [0.3, 0.4) is 0 Å². The van der Waals surface area contributed by atoms with Crippen LogP contribution in [-0.2, 0) is 13.0 Å². The average Bonchev–Trinajstić information content (AvgIpc) is 2.78. The summed E-state index contributed by atoms with van der Waals surface area (Å²) in [5, 5.41) is 0. The fourth-order valence-electron chi connectivity index (χ4n) is 2.69. The number of aromatic nitrogens is 2. The van der Waals surface area contributed by atoms with E-state index in [4.69, 9.17) is 4.98 Å². The second-order valence-corrected chi connectivity index (χ2v) is 5.53. The highest BCUT2D eigenvalue weighted by Gasteiger charge is 2.17. The number of nitrogens with one attached hydrogen (secondary N) is 1. The Labute approximate surface area is 110 Å². The molecule has 0 amide bonds. The van der Waals surface area contributed by atoms with E-state index in [1.807, 2.05) is 0 Å². The molecule has 0 aliphatic carbocycles. The fraction of sp³-hybridized carbons (Fsp3) is 0.533. The van der Waals surface area contributed by atoms with Crippen LogP contribution < -0.4 is 0 Å². The number of rotatable bonds is 2. The van der Waals surface area contributed by atoms with Crippen LogP contribution in [0.5, 0.6) is 0 Å². The Hall–Kier alpha value is -1.35. The molecule has 2 heterocycles. The summed E-state index contributed by atoms with van der Waals surface area (Å²) in [5.74, 6) is 1.56. The Kier molecular flexibility index (Phi) is 2.86. The quantitative estimate of drug-likeness (QED) is 0.880. The van der Waals surface area contributed by atoms with E-state index >= 15 is 0 Å². The van der Waals surface area contributed by atoms with Gasteiger partial charge in [0.15, 0.2) is 0 Å². The van der Waals surface area contributed by atoms with Crippen LogP contribution in [0.4, 0.5) is 0 Å². The van der Waals surface area contributed by atoms with Gasteiger partial charge in [0, 0.05) is 20.4 Å². The zero-order valence-electron chi connectivity index (χ0n) is 11.5. The number of nitrogens with zero attached hydrogens (tertiary/aromatic N) is 2. The van der Waals surface area contributed by atoms with Crippen molar-refractivity contribution in [3.63, 3.8) is 0 Å². The Morgan fingerprint density at radius 1 is 1.39 bits per heavy atom. The van der Waals surface area contributed by atoms with Gasteiger partial charge in [-0.1, -0.05) is 20.8 Å². The summed E-state index contributed by atoms with van der Waals surface area (Å²) in [7, 11) is 0. The molecule has 1 aliphatic rings. The van der Waals surface area contributed by atoms with Gasteiger partial charge in [-0.15, -0.1) is 0 Å². The Morgan fingerprint density at radius 2 is 2.22 bits per heavy atom. The standard InChI is InChI=1S/C15H21N3.H2/c1-4-18-6-5-11-7-13-14(8-12(11)9-18)17-15(16-13)10(2)3;/h7-8,10H,4-6,9H2,1-3H3,(H,16,17);1H. The monoisotopic (exact) mass is 245 g/mol. The van der Waals surface area contributed by atoms with Gasteiger partial charge in [0.25, 0.3) is 0 Å². The number of likely N-dealkylation sites (N-methyl/N-ethyl adjacent to an activating group) is 1. The third-order valence-electron chi connectivity index (χ3n) is 3.91. The van der Waals surface area contributed by atoms with E-state index in [2.05, 4.69) is 42.8 Å². The number of imidazole rings is 1. The highest BCUT2D eigenvalue weighted by Crippen LogP contribution is 2.25. The minimum atomic E-state index is 0. The molecular weight excluding hydrogens is 222 g/mol. The van der Waals surface area contributed by atoms with E-state index in [9.17, 15) is 0 Å². The van der Waals surface area contributed by atoms with Crippen LogP contribution in [-0.4, -0.2) is 28.0 Å². The van der Waals surface area contributed by atoms with E-state index in [0.29, 0.717) is 5.92 Å². The summed E-state index contributed by atoms with van der Waals surface area (Å²) in [4.78, 5) is 10.6. The maximum Gasteiger partial charge on any atom is 0.109 e. The maximum absolute atomic E-state index is 4.69. The molecule has 3 nitrogen and oxygen atoms in total. The average molecular weight is 245 g/mol. The predicted octanol–water partition coefficient (Wildman–Crippen LogP) is 3.31. The summed E-state index contributed by atoms with van der Waals surface area (Å²) in [5.41, 5.74) is 5.27. The molecule has 0 radical (unpaired) electrons. The van der Waals surface area contributed by atoms with Gasteiger partial charge in [0.05, 0.1) is 11.0 Å². The molecule has 0 fully saturated rings. The van der Waals surface area contributed by atoms with Gasteiger partial charge in [-0.25, -0.2) is 4.98 Å². The van der Waals surface area contributed by atoms with Crippen molar-refractivity contribution in [3.8, 4) is 0 Å². The van der Waals surface area contributed by atoms with Gasteiger partial charge in [-0.2, -0.15) is 0 Å². The number of aromatic amines is 1. The van der Waals surface area contributed by atoms with Gasteiger partial charge in [-0.3, -0.25) is 4.90 Å². The number of hydrogen-bond donors (Lipinski definition) is 1. The summed E-state index contributed by atoms with van der Waals surface area (Å²) in [6.45, 7) is 9.98. The zero-order valence-corrected chi connectivity index (χ0v) is 11.5. The van der Waals surface area contributed by atoms with Crippen LogP contribution in [0.2, 0.25) is 0 Å². The second kappa shape index (κ2) is 4.39. The lowest BCUT2D eigenvalue weighted by Crippen LogP contribution is -2.30. The van der Waals surface area contributed by atoms with E-state index in [0.717, 1.165) is 30.9 Å². The Bertz CT molecular complexity index is 574. The van der Waals surface area contributed by atoms with Gasteiger partial charge in [-0.05, 0) is 36.2 Å². The summed E-state index contributed by atoms with van der Waals surface area (Å²) >= 11 is 0. The Morgan fingerprint density at radius 3 is 2.94 bits per heavy atom. The first kappa shape index (κ1) is 11.7. The molecule has 1 aliphatic heterocycles. The summed E-state index contributed by atoms with van der Waals surface area (Å²) in [6.07, 6.45) is 1.16. The van der Waals surface area contributed by atoms with Crippen LogP contribution in [0.25, 0.3) is 11.0 Å². The van der Waals surface area contributed by atoms with Crippen molar-refractivity contribution in [1.29, 1.82) is 0 Å². The molecule has 1 aromatic heterocycles. The highest BCUT2D eigenvalue weighted by molar-refractivity contribution is 5.77. The molecule has 0 atom stereocenters. The number of H-pyrrole nitrogens is 1. The molecule has 18 heavy (non-hydrogen) atoms. The van der Waals surface area contributed by atoms with Gasteiger partial charge >= 0.3 is 0 Å². The molecule has 1 N–H and O–H groups in total. The zero-order chi connectivity index (χ0) is 12.7. The smallest absolute Gasteiger partial charge is 0.109 e. The van der Waals surface area contributed by atoms with E-state index in [-0.39, 0.29) is 1.43 Å². The molecule has 0 spiro atoms. The van der Waals surface area contributed by atoms with Crippen LogP contribution in [0, 0.1) is 0 Å². The number of benzene rings is 1. The first-order valence-corrected chi connectivity index (χ1v) is 6.91. The van der Waals surface area contributed by atoms with Crippen molar-refractivity contribution in [2.24, 2.45) is 0 Å². The maximum atomic E-state index is 4.69. The third kappa shape index (κ3) is 1.93. The van der Waals surface area contributed by atoms with Gasteiger partial charge in [0.2, 0.25) is 0 Å². The lowest BCUT2D eigenvalue weighted by atomic mass is 9.99. The molecule has 0 saturated carbocycles. The number of fused-ring (bicyclic) bond motifs is 2. The highest BCUT2D eigenvalue weighted by atomic mass is 15.1. The lowest BCUT2D eigenvalue weighted by molar-refractivity contribution is 0.268. The fourth-order valence-corrected chi connectivity index (χ4v) is 2.69. The predicted molar refractivity (Wildman–Crippen MR) is 77.0 cm³/mol. The summed E-state index contributed by atoms with van der Waals surface area (Å²) < 4.78 is 0. The van der Waals surface area contributed by atoms with Crippen molar-refractivity contribution in [1.82, 2.24) is 14.9 Å². The van der Waals surface area contributed by atoms with Crippen LogP contribution >= 0.6 is 0 Å². The largest absolute Gasteiger partial charge is 0.342 e. The first-order chi connectivity index (χ1) is 8.67. The van der Waals surface area contributed by atoms with Crippen molar-refractivity contribution >= 4 is 11.0 Å². The SMILES string of the molecule is CCN1CCc2cc3nc(C(C)C)[nH]c3cc2C1.[HH]. The molecule has 0 bridgehead atoms. The van der Waals surface area contributed by atoms with Crippen molar-refractivity contribution in [2.75, 3.05) is 13.1 Å². The van der Waals surface area contributed by atoms with Crippen molar-refractivity contribution in [2.45, 2.75) is 39.7 Å². The molecule has 3 heteroatoms. The van der Waals surface area contributed by atoms with E-state index in [1.54, 1.807) is 0 Å². The topological polar surface area (TPSA) is 31.9 Å². The van der Waals surface area contributed by atoms with Crippen LogP contribution in [0.1, 0.15) is 45.1 Å². The summed E-state index contributed by atoms with van der Waals surface area (Å²) in [6, 6.07) is 4.57. The molecule has 0 saturated heterocycles. The third-order valence-corrected chi connectivity index (χ3v) is 3.91. The van der Waals surface area contributed by atoms with E-state index < -0.39 is 0 Å². The van der Waals surface area contributed by atoms with Crippen molar-refractivity contribution < 1.29 is 1.43 Å². The van der Waals surface area contributed by atoms with Gasteiger partial charge in [0.1, 0.15) is 5.82 Å². The molecule has 1 aromatic carbocycles. The minimum absolute atomic E-state index is 0. The molecular formula is C15H23N3. The lowest BCUT2D eigenvalue weighted by Gasteiger charge is -2.27. The molecule has 2 aromatic rings.